The summed E-state index contributed by atoms with van der Waals surface area (Å²) in [5.41, 5.74) is 3.73. The second-order valence-electron chi connectivity index (χ2n) is 8.53. The number of allylic oxidation sites excluding steroid dienone is 4. The molecule has 8 heteroatoms. The van der Waals surface area contributed by atoms with E-state index in [1.807, 2.05) is 17.0 Å². The van der Waals surface area contributed by atoms with Crippen LogP contribution in [0.4, 0.5) is 0 Å². The van der Waals surface area contributed by atoms with Gasteiger partial charge in [-0.2, -0.15) is 0 Å². The van der Waals surface area contributed by atoms with Gasteiger partial charge in [-0.1, -0.05) is 5.92 Å². The Kier molecular flexibility index (Phi) is 7.31. The summed E-state index contributed by atoms with van der Waals surface area (Å²) in [6, 6.07) is 3.75. The number of rotatable bonds is 7. The lowest BCUT2D eigenvalue weighted by Gasteiger charge is -2.44. The van der Waals surface area contributed by atoms with E-state index in [1.165, 1.54) is 0 Å². The van der Waals surface area contributed by atoms with Crippen LogP contribution in [0.15, 0.2) is 34.7 Å². The lowest BCUT2D eigenvalue weighted by molar-refractivity contribution is -0.137. The number of halogens is 1. The highest BCUT2D eigenvalue weighted by molar-refractivity contribution is 14.1. The van der Waals surface area contributed by atoms with E-state index in [9.17, 15) is 19.5 Å². The van der Waals surface area contributed by atoms with Gasteiger partial charge in [0.05, 0.1) is 17.1 Å². The van der Waals surface area contributed by atoms with E-state index in [0.29, 0.717) is 61.2 Å². The third-order valence-corrected chi connectivity index (χ3v) is 7.32. The first-order chi connectivity index (χ1) is 16.4. The highest BCUT2D eigenvalue weighted by Crippen LogP contribution is 2.50. The van der Waals surface area contributed by atoms with E-state index < -0.39 is 11.9 Å². The SMILES string of the molecule is C#CCOc1c(I)cc(C2C3=C(CCCC3=O)N(CCC(=O)O)C3=C2C(=O)CCC3)cc1OC. The van der Waals surface area contributed by atoms with Crippen molar-refractivity contribution >= 4 is 40.1 Å². The molecule has 0 atom stereocenters. The molecule has 3 aliphatic rings. The molecule has 1 aromatic carbocycles. The van der Waals surface area contributed by atoms with E-state index in [0.717, 1.165) is 20.5 Å². The highest BCUT2D eigenvalue weighted by Gasteiger charge is 2.43. The number of carbonyl (C=O) groups excluding carboxylic acids is 2. The van der Waals surface area contributed by atoms with Crippen molar-refractivity contribution in [1.82, 2.24) is 4.90 Å². The summed E-state index contributed by atoms with van der Waals surface area (Å²) in [5, 5.41) is 9.31. The van der Waals surface area contributed by atoms with Crippen molar-refractivity contribution in [2.75, 3.05) is 20.3 Å². The standard InChI is InChI=1S/C26H26INO6/c1-3-12-34-26-16(27)13-15(14-21(26)33-2)23-24-17(6-4-8-19(24)29)28(11-10-22(31)32)18-7-5-9-20(30)25(18)23/h1,13-14,23H,4-12H2,2H3,(H,31,32). The van der Waals surface area contributed by atoms with Crippen LogP contribution in [0.3, 0.4) is 0 Å². The molecule has 1 heterocycles. The molecule has 7 nitrogen and oxygen atoms in total. The van der Waals surface area contributed by atoms with Gasteiger partial charge in [0.15, 0.2) is 23.1 Å². The first-order valence-corrected chi connectivity index (χ1v) is 12.4. The lowest BCUT2D eigenvalue weighted by atomic mass is 9.71. The average Bonchev–Trinajstić information content (AvgIpc) is 2.81. The van der Waals surface area contributed by atoms with Gasteiger partial charge in [-0.25, -0.2) is 0 Å². The molecule has 34 heavy (non-hydrogen) atoms. The Hall–Kier alpha value is -2.80. The molecule has 0 spiro atoms. The lowest BCUT2D eigenvalue weighted by Crippen LogP contribution is -2.40. The summed E-state index contributed by atoms with van der Waals surface area (Å²) in [4.78, 5) is 39.9. The second-order valence-corrected chi connectivity index (χ2v) is 9.69. The largest absolute Gasteiger partial charge is 0.493 e. The smallest absolute Gasteiger partial charge is 0.305 e. The van der Waals surface area contributed by atoms with Gasteiger partial charge in [-0.3, -0.25) is 14.4 Å². The van der Waals surface area contributed by atoms with Crippen molar-refractivity contribution in [2.45, 2.75) is 50.9 Å². The fourth-order valence-corrected chi connectivity index (χ4v) is 5.97. The zero-order chi connectivity index (χ0) is 24.4. The molecule has 1 aliphatic heterocycles. The topological polar surface area (TPSA) is 93.1 Å². The van der Waals surface area contributed by atoms with Crippen LogP contribution < -0.4 is 9.47 Å². The van der Waals surface area contributed by atoms with Crippen LogP contribution in [0.5, 0.6) is 11.5 Å². The maximum Gasteiger partial charge on any atom is 0.305 e. The van der Waals surface area contributed by atoms with Crippen molar-refractivity contribution in [3.63, 3.8) is 0 Å². The summed E-state index contributed by atoms with van der Waals surface area (Å²) >= 11 is 2.15. The maximum absolute atomic E-state index is 13.3. The molecule has 0 amide bonds. The number of hydrogen-bond donors (Lipinski definition) is 1. The molecule has 1 N–H and O–H groups in total. The van der Waals surface area contributed by atoms with Gasteiger partial charge in [0.25, 0.3) is 0 Å². The van der Waals surface area contributed by atoms with E-state index in [4.69, 9.17) is 15.9 Å². The summed E-state index contributed by atoms with van der Waals surface area (Å²) in [7, 11) is 1.54. The number of ketones is 2. The van der Waals surface area contributed by atoms with E-state index >= 15 is 0 Å². The van der Waals surface area contributed by atoms with Gasteiger partial charge in [0, 0.05) is 47.8 Å². The quantitative estimate of drug-likeness (QED) is 0.385. The zero-order valence-corrected chi connectivity index (χ0v) is 21.1. The monoisotopic (exact) mass is 575 g/mol. The molecule has 2 aliphatic carbocycles. The molecule has 4 rings (SSSR count). The van der Waals surface area contributed by atoms with E-state index in [-0.39, 0.29) is 31.1 Å². The van der Waals surface area contributed by atoms with Gasteiger partial charge in [-0.15, -0.1) is 6.42 Å². The van der Waals surface area contributed by atoms with Crippen molar-refractivity contribution in [3.8, 4) is 23.8 Å². The number of carbonyl (C=O) groups is 3. The number of nitrogens with zero attached hydrogens (tertiary/aromatic N) is 1. The van der Waals surface area contributed by atoms with E-state index in [2.05, 4.69) is 28.5 Å². The zero-order valence-electron chi connectivity index (χ0n) is 19.0. The normalized spacial score (nSPS) is 18.4. The van der Waals surface area contributed by atoms with Crippen LogP contribution in [0.2, 0.25) is 0 Å². The summed E-state index contributed by atoms with van der Waals surface area (Å²) in [5.74, 6) is 2.08. The van der Waals surface area contributed by atoms with Gasteiger partial charge in [0.2, 0.25) is 0 Å². The molecular formula is C26H26INO6. The van der Waals surface area contributed by atoms with Crippen molar-refractivity contribution < 1.29 is 29.0 Å². The molecule has 0 bridgehead atoms. The van der Waals surface area contributed by atoms with Crippen LogP contribution >= 0.6 is 22.6 Å². The number of hydrogen-bond acceptors (Lipinski definition) is 6. The average molecular weight is 575 g/mol. The molecular weight excluding hydrogens is 549 g/mol. The maximum atomic E-state index is 13.3. The molecule has 0 saturated carbocycles. The minimum Gasteiger partial charge on any atom is -0.493 e. The summed E-state index contributed by atoms with van der Waals surface area (Å²) in [6.45, 7) is 0.343. The van der Waals surface area contributed by atoms with Crippen LogP contribution in [-0.2, 0) is 14.4 Å². The number of carboxylic acids is 1. The predicted octanol–water partition coefficient (Wildman–Crippen LogP) is 4.20. The van der Waals surface area contributed by atoms with Crippen molar-refractivity contribution in [2.24, 2.45) is 0 Å². The van der Waals surface area contributed by atoms with Crippen LogP contribution in [0, 0.1) is 15.9 Å². The Morgan fingerprint density at radius 3 is 2.29 bits per heavy atom. The van der Waals surface area contributed by atoms with Crippen LogP contribution in [-0.4, -0.2) is 47.8 Å². The second kappa shape index (κ2) is 10.2. The van der Waals surface area contributed by atoms with Gasteiger partial charge in [-0.05, 0) is 66.0 Å². The number of methoxy groups -OCH3 is 1. The number of Topliss-reactive ketones (excluding diaryl/α,β-unsaturated/α-hetero) is 2. The first kappa shape index (κ1) is 24.3. The fraction of sp³-hybridized carbons (Fsp3) is 0.423. The number of aliphatic carboxylic acids is 1. The van der Waals surface area contributed by atoms with Crippen LogP contribution in [0.1, 0.15) is 56.4 Å². The van der Waals surface area contributed by atoms with Crippen molar-refractivity contribution in [1.29, 1.82) is 0 Å². The molecule has 0 fully saturated rings. The number of ether oxygens (including phenoxy) is 2. The number of carboxylic acid groups (broad SMARTS) is 1. The molecule has 0 radical (unpaired) electrons. The fourth-order valence-electron chi connectivity index (χ4n) is 5.19. The third kappa shape index (κ3) is 4.45. The molecule has 1 aromatic rings. The minimum absolute atomic E-state index is 0.0122. The van der Waals surface area contributed by atoms with Crippen molar-refractivity contribution in [3.05, 3.63) is 43.8 Å². The van der Waals surface area contributed by atoms with Gasteiger partial charge < -0.3 is 19.5 Å². The van der Waals surface area contributed by atoms with Crippen LogP contribution in [0.25, 0.3) is 0 Å². The number of terminal acetylenes is 1. The number of benzene rings is 1. The molecule has 0 unspecified atom stereocenters. The predicted molar refractivity (Wildman–Crippen MR) is 134 cm³/mol. The van der Waals surface area contributed by atoms with E-state index in [1.54, 1.807) is 7.11 Å². The van der Waals surface area contributed by atoms with Gasteiger partial charge in [0.1, 0.15) is 6.61 Å². The molecule has 0 aromatic heterocycles. The molecule has 0 saturated heterocycles. The summed E-state index contributed by atoms with van der Waals surface area (Å²) < 4.78 is 12.0. The third-order valence-electron chi connectivity index (χ3n) is 6.52. The molecule has 178 valence electrons. The minimum atomic E-state index is -0.905. The highest BCUT2D eigenvalue weighted by atomic mass is 127. The Bertz CT molecular complexity index is 1110. The first-order valence-electron chi connectivity index (χ1n) is 11.3. The Balaban J connectivity index is 1.91. The Labute approximate surface area is 212 Å². The van der Waals surface area contributed by atoms with Gasteiger partial charge >= 0.3 is 5.97 Å². The Morgan fingerprint density at radius 1 is 1.15 bits per heavy atom. The Morgan fingerprint density at radius 2 is 1.76 bits per heavy atom. The summed E-state index contributed by atoms with van der Waals surface area (Å²) in [6.07, 6.45) is 8.90.